The van der Waals surface area contributed by atoms with Crippen molar-refractivity contribution in [1.82, 2.24) is 5.32 Å². The topological polar surface area (TPSA) is 12.0 Å². The Balaban J connectivity index is 2.05. The Bertz CT molecular complexity index is 354. The molecule has 1 N–H and O–H groups in total. The van der Waals surface area contributed by atoms with Crippen LogP contribution in [0.4, 0.5) is 4.39 Å². The summed E-state index contributed by atoms with van der Waals surface area (Å²) in [6.07, 6.45) is 4.91. The van der Waals surface area contributed by atoms with Crippen molar-refractivity contribution < 1.29 is 4.39 Å². The molecule has 0 bridgehead atoms. The van der Waals surface area contributed by atoms with Gasteiger partial charge in [-0.15, -0.1) is 0 Å². The normalized spacial score (nSPS) is 25.7. The molecule has 1 aromatic carbocycles. The van der Waals surface area contributed by atoms with Crippen LogP contribution >= 0.6 is 0 Å². The number of nitrogens with one attached hydrogen (secondary N) is 1. The Labute approximate surface area is 97.1 Å². The van der Waals surface area contributed by atoms with E-state index in [1.165, 1.54) is 31.2 Å². The molecule has 0 heterocycles. The molecule has 1 fully saturated rings. The van der Waals surface area contributed by atoms with Gasteiger partial charge in [-0.2, -0.15) is 0 Å². The molecule has 88 valence electrons. The first-order valence-corrected chi connectivity index (χ1v) is 6.14. The van der Waals surface area contributed by atoms with Crippen LogP contribution in [-0.4, -0.2) is 13.1 Å². The van der Waals surface area contributed by atoms with Gasteiger partial charge in [0, 0.05) is 6.04 Å². The van der Waals surface area contributed by atoms with Crippen LogP contribution in [0.1, 0.15) is 42.7 Å². The van der Waals surface area contributed by atoms with Gasteiger partial charge in [0.15, 0.2) is 0 Å². The van der Waals surface area contributed by atoms with Crippen molar-refractivity contribution in [3.05, 3.63) is 35.1 Å². The number of halogens is 1. The lowest BCUT2D eigenvalue weighted by molar-refractivity contribution is 0.358. The van der Waals surface area contributed by atoms with Gasteiger partial charge in [0.2, 0.25) is 0 Å². The predicted octanol–water partition coefficient (Wildman–Crippen LogP) is 3.38. The molecule has 1 saturated carbocycles. The van der Waals surface area contributed by atoms with Crippen LogP contribution in [0, 0.1) is 12.7 Å². The highest BCUT2D eigenvalue weighted by Crippen LogP contribution is 2.33. The fraction of sp³-hybridized carbons (Fsp3) is 0.571. The maximum Gasteiger partial charge on any atom is 0.126 e. The van der Waals surface area contributed by atoms with E-state index >= 15 is 0 Å². The van der Waals surface area contributed by atoms with Gasteiger partial charge in [0.05, 0.1) is 0 Å². The van der Waals surface area contributed by atoms with Gasteiger partial charge in [-0.05, 0) is 62.8 Å². The maximum absolute atomic E-state index is 13.2. The number of hydrogen-bond donors (Lipinski definition) is 1. The largest absolute Gasteiger partial charge is 0.317 e. The number of hydrogen-bond acceptors (Lipinski definition) is 1. The average Bonchev–Trinajstić information content (AvgIpc) is 2.33. The van der Waals surface area contributed by atoms with Gasteiger partial charge in [-0.25, -0.2) is 4.39 Å². The molecule has 1 aliphatic rings. The van der Waals surface area contributed by atoms with Gasteiger partial charge in [-0.3, -0.25) is 0 Å². The number of rotatable bonds is 2. The summed E-state index contributed by atoms with van der Waals surface area (Å²) in [4.78, 5) is 0. The summed E-state index contributed by atoms with van der Waals surface area (Å²) in [5, 5.41) is 3.34. The third-order valence-electron chi connectivity index (χ3n) is 3.79. The molecule has 0 aliphatic heterocycles. The Morgan fingerprint density at radius 3 is 2.44 bits per heavy atom. The van der Waals surface area contributed by atoms with Gasteiger partial charge < -0.3 is 5.32 Å². The van der Waals surface area contributed by atoms with Gasteiger partial charge in [0.1, 0.15) is 5.82 Å². The third kappa shape index (κ3) is 2.43. The SMILES string of the molecule is CNC1CCC(c2ccc(F)c(C)c2)CC1. The highest BCUT2D eigenvalue weighted by molar-refractivity contribution is 5.27. The van der Waals surface area contributed by atoms with Crippen molar-refractivity contribution in [1.29, 1.82) is 0 Å². The van der Waals surface area contributed by atoms with Crippen LogP contribution in [0.2, 0.25) is 0 Å². The fourth-order valence-electron chi connectivity index (χ4n) is 2.64. The van der Waals surface area contributed by atoms with Crippen LogP contribution in [0.25, 0.3) is 0 Å². The van der Waals surface area contributed by atoms with E-state index in [0.717, 1.165) is 5.56 Å². The van der Waals surface area contributed by atoms with Crippen LogP contribution in [-0.2, 0) is 0 Å². The molecule has 1 aromatic rings. The minimum Gasteiger partial charge on any atom is -0.317 e. The first kappa shape index (κ1) is 11.6. The second-order valence-corrected chi connectivity index (χ2v) is 4.85. The van der Waals surface area contributed by atoms with E-state index in [4.69, 9.17) is 0 Å². The van der Waals surface area contributed by atoms with E-state index in [2.05, 4.69) is 5.32 Å². The predicted molar refractivity (Wildman–Crippen MR) is 65.2 cm³/mol. The Morgan fingerprint density at radius 1 is 1.19 bits per heavy atom. The van der Waals surface area contributed by atoms with Crippen LogP contribution in [0.15, 0.2) is 18.2 Å². The summed E-state index contributed by atoms with van der Waals surface area (Å²) >= 11 is 0. The lowest BCUT2D eigenvalue weighted by Gasteiger charge is -2.28. The van der Waals surface area contributed by atoms with Crippen LogP contribution in [0.3, 0.4) is 0 Å². The molecule has 0 unspecified atom stereocenters. The molecule has 1 aliphatic carbocycles. The zero-order valence-corrected chi connectivity index (χ0v) is 10.1. The zero-order valence-electron chi connectivity index (χ0n) is 10.1. The van der Waals surface area contributed by atoms with Gasteiger partial charge in [-0.1, -0.05) is 12.1 Å². The molecule has 0 saturated heterocycles. The number of benzene rings is 1. The lowest BCUT2D eigenvalue weighted by atomic mass is 9.81. The first-order valence-electron chi connectivity index (χ1n) is 6.14. The third-order valence-corrected chi connectivity index (χ3v) is 3.79. The van der Waals surface area contributed by atoms with Crippen molar-refractivity contribution in [2.24, 2.45) is 0 Å². The number of aryl methyl sites for hydroxylation is 1. The molecule has 0 amide bonds. The molecule has 0 aromatic heterocycles. The Morgan fingerprint density at radius 2 is 1.88 bits per heavy atom. The minimum absolute atomic E-state index is 0.0901. The van der Waals surface area contributed by atoms with E-state index < -0.39 is 0 Å². The quantitative estimate of drug-likeness (QED) is 0.807. The standard InChI is InChI=1S/C14H20FN/c1-10-9-12(5-8-14(10)15)11-3-6-13(16-2)7-4-11/h5,8-9,11,13,16H,3-4,6-7H2,1-2H3. The molecular weight excluding hydrogens is 201 g/mol. The fourth-order valence-corrected chi connectivity index (χ4v) is 2.64. The summed E-state index contributed by atoms with van der Waals surface area (Å²) in [5.41, 5.74) is 2.08. The van der Waals surface area contributed by atoms with E-state index in [-0.39, 0.29) is 5.82 Å². The summed E-state index contributed by atoms with van der Waals surface area (Å²) in [5.74, 6) is 0.538. The van der Waals surface area contributed by atoms with E-state index in [1.807, 2.05) is 26.1 Å². The first-order chi connectivity index (χ1) is 7.70. The van der Waals surface area contributed by atoms with Crippen LogP contribution < -0.4 is 5.32 Å². The van der Waals surface area contributed by atoms with E-state index in [9.17, 15) is 4.39 Å². The lowest BCUT2D eigenvalue weighted by Crippen LogP contribution is -2.29. The highest BCUT2D eigenvalue weighted by atomic mass is 19.1. The summed E-state index contributed by atoms with van der Waals surface area (Å²) in [6, 6.07) is 6.25. The summed E-state index contributed by atoms with van der Waals surface area (Å²) in [7, 11) is 2.03. The van der Waals surface area contributed by atoms with Crippen molar-refractivity contribution in [2.75, 3.05) is 7.05 Å². The Hall–Kier alpha value is -0.890. The molecule has 0 spiro atoms. The average molecular weight is 221 g/mol. The van der Waals surface area contributed by atoms with Crippen molar-refractivity contribution in [3.63, 3.8) is 0 Å². The van der Waals surface area contributed by atoms with Gasteiger partial charge in [0.25, 0.3) is 0 Å². The summed E-state index contributed by atoms with van der Waals surface area (Å²) in [6.45, 7) is 1.85. The molecular formula is C14H20FN. The van der Waals surface area contributed by atoms with Crippen molar-refractivity contribution in [3.8, 4) is 0 Å². The van der Waals surface area contributed by atoms with Crippen molar-refractivity contribution in [2.45, 2.75) is 44.6 Å². The molecule has 0 radical (unpaired) electrons. The second-order valence-electron chi connectivity index (χ2n) is 4.85. The monoisotopic (exact) mass is 221 g/mol. The minimum atomic E-state index is -0.0901. The molecule has 2 rings (SSSR count). The molecule has 16 heavy (non-hydrogen) atoms. The highest BCUT2D eigenvalue weighted by Gasteiger charge is 2.21. The molecule has 0 atom stereocenters. The van der Waals surface area contributed by atoms with E-state index in [0.29, 0.717) is 12.0 Å². The zero-order chi connectivity index (χ0) is 11.5. The smallest absolute Gasteiger partial charge is 0.126 e. The molecule has 2 heteroatoms. The maximum atomic E-state index is 13.2. The van der Waals surface area contributed by atoms with E-state index in [1.54, 1.807) is 6.07 Å². The Kier molecular flexibility index (Phi) is 3.59. The van der Waals surface area contributed by atoms with Crippen molar-refractivity contribution >= 4 is 0 Å². The van der Waals surface area contributed by atoms with Gasteiger partial charge >= 0.3 is 0 Å². The summed E-state index contributed by atoms with van der Waals surface area (Å²) < 4.78 is 13.2. The second kappa shape index (κ2) is 4.96. The van der Waals surface area contributed by atoms with Crippen LogP contribution in [0.5, 0.6) is 0 Å². The molecule has 1 nitrogen and oxygen atoms in total.